The summed E-state index contributed by atoms with van der Waals surface area (Å²) < 4.78 is 13.7. The maximum atomic E-state index is 13.7. The van der Waals surface area contributed by atoms with Gasteiger partial charge < -0.3 is 15.6 Å². The molecule has 1 aliphatic rings. The molecule has 1 saturated heterocycles. The van der Waals surface area contributed by atoms with E-state index in [4.69, 9.17) is 0 Å². The van der Waals surface area contributed by atoms with Crippen molar-refractivity contribution in [2.75, 3.05) is 10.2 Å². The molecule has 2 aromatic carbocycles. The van der Waals surface area contributed by atoms with Gasteiger partial charge in [0.2, 0.25) is 5.91 Å². The minimum absolute atomic E-state index is 0.0141. The van der Waals surface area contributed by atoms with Crippen molar-refractivity contribution in [3.63, 3.8) is 0 Å². The summed E-state index contributed by atoms with van der Waals surface area (Å²) in [6, 6.07) is 9.82. The maximum Gasteiger partial charge on any atom is 0.329 e. The van der Waals surface area contributed by atoms with Gasteiger partial charge in [0.1, 0.15) is 11.9 Å². The smallest absolute Gasteiger partial charge is 0.329 e. The Kier molecular flexibility index (Phi) is 4.54. The number of aromatic nitrogens is 1. The van der Waals surface area contributed by atoms with Crippen molar-refractivity contribution < 1.29 is 18.8 Å². The largest absolute Gasteiger partial charge is 0.358 e. The molecule has 1 atom stereocenters. The Morgan fingerprint density at radius 3 is 2.69 bits per heavy atom. The molecule has 1 aromatic heterocycles. The van der Waals surface area contributed by atoms with Crippen LogP contribution in [0.5, 0.6) is 0 Å². The lowest BCUT2D eigenvalue weighted by atomic mass is 10.1. The first kappa shape index (κ1) is 18.7. The van der Waals surface area contributed by atoms with Crippen molar-refractivity contribution in [1.82, 2.24) is 10.3 Å². The number of anilines is 2. The van der Waals surface area contributed by atoms with Crippen LogP contribution >= 0.6 is 0 Å². The third-order valence-corrected chi connectivity index (χ3v) is 4.97. The molecule has 4 rings (SSSR count). The number of imide groups is 1. The molecule has 8 heteroatoms. The van der Waals surface area contributed by atoms with Crippen molar-refractivity contribution in [3.8, 4) is 0 Å². The van der Waals surface area contributed by atoms with Gasteiger partial charge in [0.25, 0.3) is 5.91 Å². The number of carbonyl (C=O) groups is 3. The molecule has 0 bridgehead atoms. The first-order chi connectivity index (χ1) is 13.8. The van der Waals surface area contributed by atoms with Crippen LogP contribution in [0.25, 0.3) is 10.9 Å². The van der Waals surface area contributed by atoms with E-state index in [1.54, 1.807) is 37.3 Å². The summed E-state index contributed by atoms with van der Waals surface area (Å²) in [6.07, 6.45) is 0.0141. The number of aromatic amines is 1. The van der Waals surface area contributed by atoms with Crippen LogP contribution in [0.4, 0.5) is 20.6 Å². The van der Waals surface area contributed by atoms with Gasteiger partial charge in [0, 0.05) is 16.6 Å². The molecule has 7 nitrogen and oxygen atoms in total. The standard InChI is InChI=1S/C21H19FN4O3/c1-11-14(15-9-13(22)7-8-16(15)23-11)10-19(27)25-17-5-3-4-6-18(17)26-20(28)12(2)24-21(26)29/h3-9,12,23H,10H2,1-2H3,(H,24,29)(H,25,27). The number of rotatable bonds is 4. The summed E-state index contributed by atoms with van der Waals surface area (Å²) in [5.74, 6) is -1.11. The number of H-pyrrole nitrogens is 1. The van der Waals surface area contributed by atoms with E-state index in [0.717, 1.165) is 16.1 Å². The molecule has 3 N–H and O–H groups in total. The summed E-state index contributed by atoms with van der Waals surface area (Å²) in [5, 5.41) is 5.96. The Morgan fingerprint density at radius 2 is 1.97 bits per heavy atom. The van der Waals surface area contributed by atoms with Crippen LogP contribution in [0.15, 0.2) is 42.5 Å². The van der Waals surface area contributed by atoms with Gasteiger partial charge in [0.15, 0.2) is 0 Å². The number of fused-ring (bicyclic) bond motifs is 1. The zero-order chi connectivity index (χ0) is 20.7. The van der Waals surface area contributed by atoms with Gasteiger partial charge >= 0.3 is 6.03 Å². The van der Waals surface area contributed by atoms with E-state index in [2.05, 4.69) is 15.6 Å². The maximum absolute atomic E-state index is 13.7. The summed E-state index contributed by atoms with van der Waals surface area (Å²) >= 11 is 0. The highest BCUT2D eigenvalue weighted by Gasteiger charge is 2.37. The Bertz CT molecular complexity index is 1150. The predicted octanol–water partition coefficient (Wildman–Crippen LogP) is 3.24. The molecular weight excluding hydrogens is 375 g/mol. The first-order valence-corrected chi connectivity index (χ1v) is 9.15. The molecular formula is C21H19FN4O3. The van der Waals surface area contributed by atoms with Gasteiger partial charge in [-0.2, -0.15) is 0 Å². The molecule has 148 valence electrons. The number of aryl methyl sites for hydroxylation is 1. The van der Waals surface area contributed by atoms with E-state index >= 15 is 0 Å². The number of carbonyl (C=O) groups excluding carboxylic acids is 3. The number of nitrogens with zero attached hydrogens (tertiary/aromatic N) is 1. The number of halogens is 1. The van der Waals surface area contributed by atoms with Gasteiger partial charge in [0.05, 0.1) is 17.8 Å². The van der Waals surface area contributed by atoms with Gasteiger partial charge in [-0.15, -0.1) is 0 Å². The number of hydrogen-bond acceptors (Lipinski definition) is 3. The molecule has 29 heavy (non-hydrogen) atoms. The number of hydrogen-bond donors (Lipinski definition) is 3. The van der Waals surface area contributed by atoms with Crippen LogP contribution in [-0.4, -0.2) is 28.9 Å². The minimum atomic E-state index is -0.630. The van der Waals surface area contributed by atoms with Gasteiger partial charge in [-0.3, -0.25) is 9.59 Å². The number of benzene rings is 2. The van der Waals surface area contributed by atoms with E-state index in [0.29, 0.717) is 22.3 Å². The van der Waals surface area contributed by atoms with Crippen LogP contribution in [-0.2, 0) is 16.0 Å². The normalized spacial score (nSPS) is 16.4. The minimum Gasteiger partial charge on any atom is -0.358 e. The third kappa shape index (κ3) is 3.33. The molecule has 0 radical (unpaired) electrons. The van der Waals surface area contributed by atoms with Crippen molar-refractivity contribution in [2.24, 2.45) is 0 Å². The van der Waals surface area contributed by atoms with E-state index < -0.39 is 12.1 Å². The highest BCUT2D eigenvalue weighted by atomic mass is 19.1. The zero-order valence-electron chi connectivity index (χ0n) is 15.9. The predicted molar refractivity (Wildman–Crippen MR) is 107 cm³/mol. The average Bonchev–Trinajstić information content (AvgIpc) is 3.11. The fourth-order valence-corrected chi connectivity index (χ4v) is 3.55. The lowest BCUT2D eigenvalue weighted by molar-refractivity contribution is -0.118. The fourth-order valence-electron chi connectivity index (χ4n) is 3.55. The summed E-state index contributed by atoms with van der Waals surface area (Å²) in [6.45, 7) is 3.42. The molecule has 1 aliphatic heterocycles. The fraction of sp³-hybridized carbons (Fsp3) is 0.190. The molecule has 4 amide bonds. The van der Waals surface area contributed by atoms with E-state index in [1.165, 1.54) is 12.1 Å². The molecule has 0 saturated carbocycles. The average molecular weight is 394 g/mol. The first-order valence-electron chi connectivity index (χ1n) is 9.15. The van der Waals surface area contributed by atoms with Crippen LogP contribution < -0.4 is 15.5 Å². The second-order valence-electron chi connectivity index (χ2n) is 7.01. The molecule has 3 aromatic rings. The van der Waals surface area contributed by atoms with E-state index in [9.17, 15) is 18.8 Å². The van der Waals surface area contributed by atoms with Crippen molar-refractivity contribution in [3.05, 3.63) is 59.5 Å². The van der Waals surface area contributed by atoms with Crippen LogP contribution in [0.3, 0.4) is 0 Å². The molecule has 0 spiro atoms. The molecule has 1 unspecified atom stereocenters. The van der Waals surface area contributed by atoms with Crippen molar-refractivity contribution >= 4 is 40.1 Å². The Labute approximate surface area is 165 Å². The highest BCUT2D eigenvalue weighted by Crippen LogP contribution is 2.29. The Morgan fingerprint density at radius 1 is 1.21 bits per heavy atom. The lowest BCUT2D eigenvalue weighted by Gasteiger charge is -2.17. The van der Waals surface area contributed by atoms with Crippen LogP contribution in [0.2, 0.25) is 0 Å². The summed E-state index contributed by atoms with van der Waals surface area (Å²) in [5.41, 5.74) is 2.86. The molecule has 2 heterocycles. The monoisotopic (exact) mass is 394 g/mol. The summed E-state index contributed by atoms with van der Waals surface area (Å²) in [7, 11) is 0. The highest BCUT2D eigenvalue weighted by molar-refractivity contribution is 6.23. The van der Waals surface area contributed by atoms with Crippen LogP contribution in [0, 0.1) is 12.7 Å². The number of nitrogens with one attached hydrogen (secondary N) is 3. The topological polar surface area (TPSA) is 94.3 Å². The zero-order valence-corrected chi connectivity index (χ0v) is 15.9. The quantitative estimate of drug-likeness (QED) is 0.593. The van der Waals surface area contributed by atoms with Crippen molar-refractivity contribution in [1.29, 1.82) is 0 Å². The Balaban J connectivity index is 1.61. The van der Waals surface area contributed by atoms with Gasteiger partial charge in [-0.25, -0.2) is 14.1 Å². The van der Waals surface area contributed by atoms with Gasteiger partial charge in [-0.05, 0) is 49.7 Å². The second-order valence-corrected chi connectivity index (χ2v) is 7.01. The van der Waals surface area contributed by atoms with Crippen LogP contribution in [0.1, 0.15) is 18.2 Å². The van der Waals surface area contributed by atoms with E-state index in [1.807, 2.05) is 6.92 Å². The van der Waals surface area contributed by atoms with Crippen molar-refractivity contribution in [2.45, 2.75) is 26.3 Å². The van der Waals surface area contributed by atoms with E-state index in [-0.39, 0.29) is 24.1 Å². The summed E-state index contributed by atoms with van der Waals surface area (Å²) in [4.78, 5) is 41.4. The number of para-hydroxylation sites is 2. The number of urea groups is 1. The van der Waals surface area contributed by atoms with Gasteiger partial charge in [-0.1, -0.05) is 12.1 Å². The lowest BCUT2D eigenvalue weighted by Crippen LogP contribution is -2.32. The third-order valence-electron chi connectivity index (χ3n) is 4.97. The SMILES string of the molecule is Cc1[nH]c2ccc(F)cc2c1CC(=O)Nc1ccccc1N1C(=O)NC(C)C1=O. The number of amides is 4. The molecule has 1 fully saturated rings. The second kappa shape index (κ2) is 7.05. The molecule has 0 aliphatic carbocycles. The Hall–Kier alpha value is -3.68.